The van der Waals surface area contributed by atoms with Crippen LogP contribution in [0.15, 0.2) is 44.7 Å². The van der Waals surface area contributed by atoms with Crippen molar-refractivity contribution in [2.45, 2.75) is 19.8 Å². The fraction of sp³-hybridized carbons (Fsp3) is 0.190. The first-order valence-electron chi connectivity index (χ1n) is 9.15. The van der Waals surface area contributed by atoms with Crippen LogP contribution in [0.3, 0.4) is 0 Å². The van der Waals surface area contributed by atoms with E-state index in [4.69, 9.17) is 22.8 Å². The molecule has 1 heterocycles. The number of rotatable bonds is 7. The third-order valence-corrected chi connectivity index (χ3v) is 4.93. The van der Waals surface area contributed by atoms with Gasteiger partial charge in [-0.3, -0.25) is 14.9 Å². The number of hydrogen-bond acceptors (Lipinski definition) is 6. The predicted molar refractivity (Wildman–Crippen MR) is 123 cm³/mol. The first-order valence-corrected chi connectivity index (χ1v) is 10.3. The third kappa shape index (κ3) is 4.93. The maximum atomic E-state index is 13.1. The predicted octanol–water partition coefficient (Wildman–Crippen LogP) is 4.57. The number of nitro groups is 1. The van der Waals surface area contributed by atoms with E-state index < -0.39 is 4.92 Å². The highest BCUT2D eigenvalue weighted by molar-refractivity contribution is 9.10. The molecule has 0 bridgehead atoms. The lowest BCUT2D eigenvalue weighted by Crippen LogP contribution is -2.22. The molecule has 0 radical (unpaired) electrons. The SMILES string of the molecule is C#CCOc1c(C=Nn2c(CCC)nc3ccc(Br)cc3c2=O)cc(Cl)cc1[N+](=O)[O-]. The number of nitrogens with zero attached hydrogens (tertiary/aromatic N) is 4. The minimum Gasteiger partial charge on any atom is -0.473 e. The average molecular weight is 504 g/mol. The average Bonchev–Trinajstić information content (AvgIpc) is 2.73. The van der Waals surface area contributed by atoms with E-state index in [1.54, 1.807) is 18.2 Å². The first-order chi connectivity index (χ1) is 14.8. The summed E-state index contributed by atoms with van der Waals surface area (Å²) in [5, 5.41) is 16.2. The summed E-state index contributed by atoms with van der Waals surface area (Å²) in [6, 6.07) is 7.82. The molecule has 0 spiro atoms. The van der Waals surface area contributed by atoms with E-state index >= 15 is 0 Å². The van der Waals surface area contributed by atoms with E-state index in [0.717, 1.165) is 17.0 Å². The fourth-order valence-corrected chi connectivity index (χ4v) is 3.50. The molecule has 0 unspecified atom stereocenters. The molecule has 31 heavy (non-hydrogen) atoms. The Morgan fingerprint density at radius 1 is 1.42 bits per heavy atom. The Kier molecular flexibility index (Phi) is 7.05. The van der Waals surface area contributed by atoms with Crippen molar-refractivity contribution in [3.8, 4) is 18.1 Å². The lowest BCUT2D eigenvalue weighted by atomic mass is 10.2. The molecule has 3 rings (SSSR count). The van der Waals surface area contributed by atoms with Gasteiger partial charge in [0.1, 0.15) is 12.4 Å². The molecule has 0 saturated heterocycles. The number of aryl methyl sites for hydroxylation is 1. The minimum absolute atomic E-state index is 0.0855. The molecular weight excluding hydrogens is 488 g/mol. The van der Waals surface area contributed by atoms with Crippen molar-refractivity contribution in [1.82, 2.24) is 9.66 Å². The molecule has 0 aliphatic heterocycles. The van der Waals surface area contributed by atoms with Crippen molar-refractivity contribution in [2.24, 2.45) is 5.10 Å². The summed E-state index contributed by atoms with van der Waals surface area (Å²) >= 11 is 9.40. The molecule has 158 valence electrons. The van der Waals surface area contributed by atoms with Crippen LogP contribution in [0, 0.1) is 22.5 Å². The van der Waals surface area contributed by atoms with Crippen molar-refractivity contribution in [2.75, 3.05) is 6.61 Å². The van der Waals surface area contributed by atoms with Crippen LogP contribution in [0.2, 0.25) is 5.02 Å². The van der Waals surface area contributed by atoms with Gasteiger partial charge in [0.05, 0.1) is 22.0 Å². The van der Waals surface area contributed by atoms with Gasteiger partial charge in [-0.25, -0.2) is 4.98 Å². The Bertz CT molecular complexity index is 1300. The van der Waals surface area contributed by atoms with Crippen LogP contribution in [0.25, 0.3) is 10.9 Å². The van der Waals surface area contributed by atoms with Crippen molar-refractivity contribution < 1.29 is 9.66 Å². The molecule has 0 aliphatic rings. The highest BCUT2D eigenvalue weighted by atomic mass is 79.9. The Morgan fingerprint density at radius 2 is 2.19 bits per heavy atom. The van der Waals surface area contributed by atoms with Crippen molar-refractivity contribution >= 4 is 50.3 Å². The zero-order valence-electron chi connectivity index (χ0n) is 16.3. The lowest BCUT2D eigenvalue weighted by molar-refractivity contribution is -0.385. The Balaban J connectivity index is 2.20. The maximum absolute atomic E-state index is 13.1. The zero-order chi connectivity index (χ0) is 22.5. The summed E-state index contributed by atoms with van der Waals surface area (Å²) in [6.07, 6.45) is 7.75. The van der Waals surface area contributed by atoms with Gasteiger partial charge in [-0.1, -0.05) is 40.4 Å². The molecule has 1 aromatic heterocycles. The lowest BCUT2D eigenvalue weighted by Gasteiger charge is -2.10. The van der Waals surface area contributed by atoms with Gasteiger partial charge in [0.25, 0.3) is 5.56 Å². The van der Waals surface area contributed by atoms with Crippen LogP contribution in [0.4, 0.5) is 5.69 Å². The van der Waals surface area contributed by atoms with E-state index in [9.17, 15) is 14.9 Å². The number of terminal acetylenes is 1. The monoisotopic (exact) mass is 502 g/mol. The van der Waals surface area contributed by atoms with E-state index in [-0.39, 0.29) is 34.2 Å². The summed E-state index contributed by atoms with van der Waals surface area (Å²) in [5.74, 6) is 2.64. The molecule has 0 atom stereocenters. The summed E-state index contributed by atoms with van der Waals surface area (Å²) in [5.41, 5.74) is 0.0391. The zero-order valence-corrected chi connectivity index (χ0v) is 18.7. The van der Waals surface area contributed by atoms with Crippen LogP contribution in [-0.2, 0) is 6.42 Å². The molecule has 8 nitrogen and oxygen atoms in total. The smallest absolute Gasteiger partial charge is 0.313 e. The van der Waals surface area contributed by atoms with Gasteiger partial charge in [0.2, 0.25) is 5.75 Å². The number of fused-ring (bicyclic) bond motifs is 1. The minimum atomic E-state index is -0.626. The van der Waals surface area contributed by atoms with E-state index in [1.807, 2.05) is 6.92 Å². The van der Waals surface area contributed by atoms with E-state index in [2.05, 4.69) is 31.9 Å². The molecule has 3 aromatic rings. The van der Waals surface area contributed by atoms with Crippen molar-refractivity contribution in [1.29, 1.82) is 0 Å². The third-order valence-electron chi connectivity index (χ3n) is 4.22. The van der Waals surface area contributed by atoms with Crippen LogP contribution in [-0.4, -0.2) is 27.4 Å². The highest BCUT2D eigenvalue weighted by Crippen LogP contribution is 2.33. The number of ether oxygens (including phenoxy) is 1. The molecule has 0 amide bonds. The molecule has 2 aromatic carbocycles. The van der Waals surface area contributed by atoms with Gasteiger partial charge in [0.15, 0.2) is 0 Å². The van der Waals surface area contributed by atoms with Gasteiger partial charge < -0.3 is 4.74 Å². The number of hydrogen-bond donors (Lipinski definition) is 0. The second-order valence-corrected chi connectivity index (χ2v) is 7.75. The molecule has 0 fully saturated rings. The van der Waals surface area contributed by atoms with Gasteiger partial charge in [-0.05, 0) is 30.7 Å². The van der Waals surface area contributed by atoms with Crippen LogP contribution < -0.4 is 10.3 Å². The second kappa shape index (κ2) is 9.73. The fourth-order valence-electron chi connectivity index (χ4n) is 2.92. The summed E-state index contributed by atoms with van der Waals surface area (Å²) < 4.78 is 7.29. The summed E-state index contributed by atoms with van der Waals surface area (Å²) in [7, 11) is 0. The summed E-state index contributed by atoms with van der Waals surface area (Å²) in [4.78, 5) is 28.5. The number of aromatic nitrogens is 2. The van der Waals surface area contributed by atoms with Crippen LogP contribution in [0.5, 0.6) is 5.75 Å². The van der Waals surface area contributed by atoms with Crippen molar-refractivity contribution in [3.05, 3.63) is 71.7 Å². The topological polar surface area (TPSA) is 99.6 Å². The number of halogens is 2. The van der Waals surface area contributed by atoms with E-state index in [1.165, 1.54) is 17.0 Å². The molecule has 0 aliphatic carbocycles. The molecule has 0 saturated carbocycles. The molecular formula is C21H16BrClN4O4. The normalized spacial score (nSPS) is 11.0. The van der Waals surface area contributed by atoms with Gasteiger partial charge in [-0.2, -0.15) is 9.78 Å². The van der Waals surface area contributed by atoms with Crippen LogP contribution >= 0.6 is 27.5 Å². The van der Waals surface area contributed by atoms with Gasteiger partial charge in [-0.15, -0.1) is 6.42 Å². The molecule has 0 N–H and O–H groups in total. The standard InChI is InChI=1S/C21H16BrClN4O4/c1-3-5-19-25-17-7-6-14(22)10-16(17)21(28)26(19)24-12-13-9-15(23)11-18(27(29)30)20(13)31-8-4-2/h2,6-7,9-12H,3,5,8H2,1H3. The Labute approximate surface area is 190 Å². The largest absolute Gasteiger partial charge is 0.473 e. The van der Waals surface area contributed by atoms with Crippen LogP contribution in [0.1, 0.15) is 24.7 Å². The Morgan fingerprint density at radius 3 is 2.87 bits per heavy atom. The van der Waals surface area contributed by atoms with E-state index in [0.29, 0.717) is 23.1 Å². The second-order valence-electron chi connectivity index (χ2n) is 6.39. The maximum Gasteiger partial charge on any atom is 0.313 e. The number of nitro benzene ring substituents is 1. The van der Waals surface area contributed by atoms with Gasteiger partial charge >= 0.3 is 5.69 Å². The van der Waals surface area contributed by atoms with Crippen molar-refractivity contribution in [3.63, 3.8) is 0 Å². The Hall–Kier alpha value is -3.22. The summed E-state index contributed by atoms with van der Waals surface area (Å²) in [6.45, 7) is 1.77. The first kappa shape index (κ1) is 22.5. The molecule has 10 heteroatoms. The highest BCUT2D eigenvalue weighted by Gasteiger charge is 2.20. The quantitative estimate of drug-likeness (QED) is 0.204. The number of benzene rings is 2. The van der Waals surface area contributed by atoms with Gasteiger partial charge in [0, 0.05) is 27.5 Å².